The third-order valence-electron chi connectivity index (χ3n) is 5.26. The van der Waals surface area contributed by atoms with Crippen molar-refractivity contribution in [2.75, 3.05) is 26.1 Å². The first-order chi connectivity index (χ1) is 17.0. The van der Waals surface area contributed by atoms with Crippen molar-refractivity contribution in [3.8, 4) is 23.3 Å². The summed E-state index contributed by atoms with van der Waals surface area (Å²) >= 11 is 0. The molecule has 3 aromatic carbocycles. The molecule has 8 heteroatoms. The summed E-state index contributed by atoms with van der Waals surface area (Å²) in [5.41, 5.74) is 4.38. The van der Waals surface area contributed by atoms with Gasteiger partial charge in [0.1, 0.15) is 17.6 Å². The van der Waals surface area contributed by atoms with E-state index in [0.29, 0.717) is 39.9 Å². The van der Waals surface area contributed by atoms with Gasteiger partial charge in [-0.15, -0.1) is 0 Å². The Morgan fingerprint density at radius 2 is 1.86 bits per heavy atom. The zero-order chi connectivity index (χ0) is 24.8. The molecule has 1 heterocycles. The highest BCUT2D eigenvalue weighted by molar-refractivity contribution is 5.92. The van der Waals surface area contributed by atoms with Crippen LogP contribution in [0.5, 0.6) is 17.2 Å². The Morgan fingerprint density at radius 1 is 1.06 bits per heavy atom. The Bertz CT molecular complexity index is 1430. The largest absolute Gasteiger partial charge is 0.497 e. The van der Waals surface area contributed by atoms with E-state index in [4.69, 9.17) is 14.2 Å². The lowest BCUT2D eigenvalue weighted by molar-refractivity contribution is -0.118. The van der Waals surface area contributed by atoms with Crippen molar-refractivity contribution in [3.63, 3.8) is 0 Å². The monoisotopic (exact) mass is 468 g/mol. The van der Waals surface area contributed by atoms with Crippen molar-refractivity contribution in [3.05, 3.63) is 77.6 Å². The van der Waals surface area contributed by atoms with Gasteiger partial charge in [-0.05, 0) is 55.0 Å². The number of nitriles is 1. The van der Waals surface area contributed by atoms with Gasteiger partial charge in [0.2, 0.25) is 0 Å². The molecule has 0 saturated heterocycles. The van der Waals surface area contributed by atoms with E-state index in [2.05, 4.69) is 21.4 Å². The van der Waals surface area contributed by atoms with Crippen molar-refractivity contribution in [2.24, 2.45) is 0 Å². The van der Waals surface area contributed by atoms with E-state index in [9.17, 15) is 10.1 Å². The number of nitrogens with zero attached hydrogens (tertiary/aromatic N) is 2. The number of H-pyrrole nitrogens is 1. The second kappa shape index (κ2) is 10.4. The minimum Gasteiger partial charge on any atom is -0.497 e. The summed E-state index contributed by atoms with van der Waals surface area (Å²) in [6.07, 6.45) is 1.70. The van der Waals surface area contributed by atoms with Crippen LogP contribution in [-0.2, 0) is 4.79 Å². The first-order valence-electron chi connectivity index (χ1n) is 10.8. The number of hydrogen-bond acceptors (Lipinski definition) is 6. The smallest absolute Gasteiger partial charge is 0.262 e. The average molecular weight is 469 g/mol. The number of hydrogen-bond donors (Lipinski definition) is 2. The third-order valence-corrected chi connectivity index (χ3v) is 5.26. The van der Waals surface area contributed by atoms with Crippen LogP contribution in [0.4, 0.5) is 5.69 Å². The fourth-order valence-corrected chi connectivity index (χ4v) is 3.43. The van der Waals surface area contributed by atoms with E-state index in [1.807, 2.05) is 49.4 Å². The number of imidazole rings is 1. The number of ether oxygens (including phenoxy) is 3. The average Bonchev–Trinajstić information content (AvgIpc) is 3.30. The van der Waals surface area contributed by atoms with Crippen LogP contribution in [0.1, 0.15) is 17.0 Å². The van der Waals surface area contributed by atoms with E-state index in [1.165, 1.54) is 7.11 Å². The summed E-state index contributed by atoms with van der Waals surface area (Å²) in [4.78, 5) is 19.9. The number of carbonyl (C=O) groups is 1. The number of aryl methyl sites for hydroxylation is 1. The molecule has 8 nitrogen and oxygen atoms in total. The molecule has 35 heavy (non-hydrogen) atoms. The number of carbonyl (C=O) groups excluding carboxylic acids is 1. The van der Waals surface area contributed by atoms with Crippen LogP contribution in [0.25, 0.3) is 22.7 Å². The van der Waals surface area contributed by atoms with Gasteiger partial charge in [-0.3, -0.25) is 4.79 Å². The van der Waals surface area contributed by atoms with Gasteiger partial charge in [-0.1, -0.05) is 23.8 Å². The van der Waals surface area contributed by atoms with Crippen LogP contribution in [0.3, 0.4) is 0 Å². The number of amides is 1. The van der Waals surface area contributed by atoms with Crippen molar-refractivity contribution >= 4 is 34.3 Å². The molecule has 0 aliphatic carbocycles. The maximum absolute atomic E-state index is 12.3. The minimum absolute atomic E-state index is 0.175. The number of benzene rings is 3. The maximum Gasteiger partial charge on any atom is 0.262 e. The van der Waals surface area contributed by atoms with Crippen molar-refractivity contribution in [1.82, 2.24) is 9.97 Å². The number of nitrogens with one attached hydrogen (secondary N) is 2. The van der Waals surface area contributed by atoms with Gasteiger partial charge >= 0.3 is 0 Å². The first kappa shape index (κ1) is 23.4. The Hall–Kier alpha value is -4.77. The van der Waals surface area contributed by atoms with Gasteiger partial charge in [0.15, 0.2) is 18.1 Å². The Morgan fingerprint density at radius 3 is 2.57 bits per heavy atom. The normalized spacial score (nSPS) is 11.1. The topological polar surface area (TPSA) is 109 Å². The lowest BCUT2D eigenvalue weighted by atomic mass is 10.1. The van der Waals surface area contributed by atoms with Gasteiger partial charge in [-0.2, -0.15) is 5.26 Å². The van der Waals surface area contributed by atoms with E-state index in [1.54, 1.807) is 31.4 Å². The highest BCUT2D eigenvalue weighted by atomic mass is 16.5. The summed E-state index contributed by atoms with van der Waals surface area (Å²) in [6.45, 7) is 1.80. The fraction of sp³-hybridized carbons (Fsp3) is 0.148. The van der Waals surface area contributed by atoms with E-state index in [0.717, 1.165) is 16.6 Å². The number of rotatable bonds is 8. The molecule has 0 radical (unpaired) electrons. The SMILES string of the molecule is COc1ccc2nc(/C(C#N)=C/c3ccc(OCC(=O)Nc4ccc(C)cc4)c(OC)c3)[nH]c2c1. The predicted molar refractivity (Wildman–Crippen MR) is 134 cm³/mol. The van der Waals surface area contributed by atoms with Crippen LogP contribution in [0.2, 0.25) is 0 Å². The number of fused-ring (bicyclic) bond motifs is 1. The molecule has 176 valence electrons. The van der Waals surface area contributed by atoms with E-state index < -0.39 is 0 Å². The molecule has 4 aromatic rings. The lowest BCUT2D eigenvalue weighted by Gasteiger charge is -2.12. The number of aromatic amines is 1. The van der Waals surface area contributed by atoms with Crippen molar-refractivity contribution in [2.45, 2.75) is 6.92 Å². The second-order valence-corrected chi connectivity index (χ2v) is 7.75. The van der Waals surface area contributed by atoms with E-state index >= 15 is 0 Å². The molecule has 0 saturated carbocycles. The van der Waals surface area contributed by atoms with Crippen LogP contribution in [-0.4, -0.2) is 36.7 Å². The number of methoxy groups -OCH3 is 2. The number of anilines is 1. The minimum atomic E-state index is -0.284. The molecule has 1 amide bonds. The molecule has 0 bridgehead atoms. The van der Waals surface area contributed by atoms with Crippen LogP contribution < -0.4 is 19.5 Å². The molecule has 0 atom stereocenters. The molecule has 4 rings (SSSR count). The summed E-state index contributed by atoms with van der Waals surface area (Å²) < 4.78 is 16.3. The summed E-state index contributed by atoms with van der Waals surface area (Å²) in [6, 6.07) is 20.4. The zero-order valence-corrected chi connectivity index (χ0v) is 19.6. The molecule has 1 aromatic heterocycles. The highest BCUT2D eigenvalue weighted by Gasteiger charge is 2.12. The quantitative estimate of drug-likeness (QED) is 0.353. The molecule has 0 unspecified atom stereocenters. The highest BCUT2D eigenvalue weighted by Crippen LogP contribution is 2.30. The van der Waals surface area contributed by atoms with Gasteiger partial charge in [0.25, 0.3) is 5.91 Å². The van der Waals surface area contributed by atoms with Crippen LogP contribution in [0, 0.1) is 18.3 Å². The molecule has 0 spiro atoms. The summed E-state index contributed by atoms with van der Waals surface area (Å²) in [7, 11) is 3.11. The van der Waals surface area contributed by atoms with E-state index in [-0.39, 0.29) is 12.5 Å². The third kappa shape index (κ3) is 5.60. The Kier molecular flexibility index (Phi) is 6.98. The Labute approximate surface area is 202 Å². The first-order valence-corrected chi connectivity index (χ1v) is 10.8. The molecule has 0 fully saturated rings. The van der Waals surface area contributed by atoms with Gasteiger partial charge in [0.05, 0.1) is 30.8 Å². The maximum atomic E-state index is 12.3. The van der Waals surface area contributed by atoms with Gasteiger partial charge < -0.3 is 24.5 Å². The molecular weight excluding hydrogens is 444 g/mol. The van der Waals surface area contributed by atoms with Gasteiger partial charge in [-0.25, -0.2) is 4.98 Å². The Balaban J connectivity index is 1.49. The molecule has 2 N–H and O–H groups in total. The van der Waals surface area contributed by atoms with Crippen molar-refractivity contribution < 1.29 is 19.0 Å². The second-order valence-electron chi connectivity index (χ2n) is 7.75. The van der Waals surface area contributed by atoms with Crippen molar-refractivity contribution in [1.29, 1.82) is 5.26 Å². The van der Waals surface area contributed by atoms with Crippen LogP contribution >= 0.6 is 0 Å². The summed E-state index contributed by atoms with van der Waals surface area (Å²) in [5, 5.41) is 12.5. The molecular formula is C27H24N4O4. The predicted octanol–water partition coefficient (Wildman–Crippen LogP) is 4.97. The van der Waals surface area contributed by atoms with Crippen LogP contribution in [0.15, 0.2) is 60.7 Å². The fourth-order valence-electron chi connectivity index (χ4n) is 3.43. The summed E-state index contributed by atoms with van der Waals surface area (Å²) in [5.74, 6) is 1.71. The zero-order valence-electron chi connectivity index (χ0n) is 19.6. The van der Waals surface area contributed by atoms with Gasteiger partial charge in [0, 0.05) is 11.8 Å². The standard InChI is InChI=1S/C27H24N4O4/c1-17-4-7-20(8-5-17)29-26(32)16-35-24-11-6-18(13-25(24)34-3)12-19(15-28)27-30-22-10-9-21(33-2)14-23(22)31-27/h4-14H,16H2,1-3H3,(H,29,32)(H,30,31)/b19-12+. The number of allylic oxidation sites excluding steroid dienone is 1. The lowest BCUT2D eigenvalue weighted by Crippen LogP contribution is -2.20. The molecule has 0 aliphatic heterocycles. The number of aromatic nitrogens is 2. The molecule has 0 aliphatic rings.